The molecule has 0 radical (unpaired) electrons. The van der Waals surface area contributed by atoms with Crippen LogP contribution in [0.2, 0.25) is 0 Å². The quantitative estimate of drug-likeness (QED) is 0.116. The molecule has 1 aliphatic rings. The molecule has 0 N–H and O–H groups in total. The molecule has 190 valence electrons. The maximum absolute atomic E-state index is 12.7. The number of hydrogen-bond donors (Lipinski definition) is 0. The van der Waals surface area contributed by atoms with Gasteiger partial charge in [0.1, 0.15) is 13.2 Å². The van der Waals surface area contributed by atoms with Crippen molar-refractivity contribution in [2.45, 2.75) is 33.5 Å². The highest BCUT2D eigenvalue weighted by molar-refractivity contribution is 14.1. The molecule has 0 aromatic heterocycles. The Balaban J connectivity index is 1.81. The highest BCUT2D eigenvalue weighted by Crippen LogP contribution is 2.38. The Morgan fingerprint density at radius 1 is 1.22 bits per heavy atom. The Morgan fingerprint density at radius 3 is 2.64 bits per heavy atom. The molecule has 0 spiro atoms. The lowest BCUT2D eigenvalue weighted by Gasteiger charge is -2.15. The number of non-ortho nitro benzene ring substituents is 1. The number of hydrogen-bond acceptors (Lipinski definition) is 9. The number of carbonyl (C=O) groups excluding carboxylic acids is 3. The molecule has 2 amide bonds. The Kier molecular flexibility index (Phi) is 9.31. The number of rotatable bonds is 10. The van der Waals surface area contributed by atoms with Gasteiger partial charge in [-0.25, -0.2) is 0 Å². The van der Waals surface area contributed by atoms with Gasteiger partial charge in [0, 0.05) is 12.1 Å². The zero-order valence-corrected chi connectivity index (χ0v) is 22.7. The van der Waals surface area contributed by atoms with Gasteiger partial charge in [0.05, 0.1) is 26.1 Å². The van der Waals surface area contributed by atoms with Gasteiger partial charge in [0.25, 0.3) is 16.8 Å². The van der Waals surface area contributed by atoms with Crippen LogP contribution in [0.25, 0.3) is 6.08 Å². The lowest BCUT2D eigenvalue weighted by Crippen LogP contribution is -2.35. The molecule has 10 nitrogen and oxygen atoms in total. The normalized spacial score (nSPS) is 14.5. The van der Waals surface area contributed by atoms with E-state index in [1.165, 1.54) is 12.1 Å². The van der Waals surface area contributed by atoms with Gasteiger partial charge in [-0.3, -0.25) is 29.4 Å². The van der Waals surface area contributed by atoms with E-state index < -0.39 is 28.6 Å². The molecule has 1 saturated heterocycles. The van der Waals surface area contributed by atoms with E-state index in [4.69, 9.17) is 14.2 Å². The minimum atomic E-state index is -0.660. The van der Waals surface area contributed by atoms with Crippen LogP contribution in [0.5, 0.6) is 11.5 Å². The number of imide groups is 1. The molecule has 0 atom stereocenters. The second kappa shape index (κ2) is 12.2. The third kappa shape index (κ3) is 6.97. The van der Waals surface area contributed by atoms with Crippen molar-refractivity contribution in [1.82, 2.24) is 4.90 Å². The highest BCUT2D eigenvalue weighted by Gasteiger charge is 2.37. The number of nitro benzene ring substituents is 1. The van der Waals surface area contributed by atoms with Gasteiger partial charge < -0.3 is 14.2 Å². The summed E-state index contributed by atoms with van der Waals surface area (Å²) < 4.78 is 17.4. The number of ether oxygens (including phenoxy) is 3. The largest absolute Gasteiger partial charge is 0.490 e. The molecular weight excluding hydrogens is 603 g/mol. The average Bonchev–Trinajstić information content (AvgIpc) is 3.05. The number of halogens is 1. The van der Waals surface area contributed by atoms with Crippen LogP contribution in [0.1, 0.15) is 31.9 Å². The van der Waals surface area contributed by atoms with Crippen molar-refractivity contribution in [2.24, 2.45) is 0 Å². The standard InChI is InChI=1S/C24H23IN2O8S/c1-4-33-19-10-16(11-20-23(29)26(24(30)36-20)12-21(28)35-14(2)3)9-18(25)22(19)34-13-15-6-5-7-17(8-15)27(31)32/h5-11,14H,4,12-13H2,1-3H3/b20-11+. The molecule has 0 bridgehead atoms. The van der Waals surface area contributed by atoms with Crippen molar-refractivity contribution in [3.63, 3.8) is 0 Å². The summed E-state index contributed by atoms with van der Waals surface area (Å²) in [6.45, 7) is 5.15. The monoisotopic (exact) mass is 626 g/mol. The van der Waals surface area contributed by atoms with Crippen LogP contribution in [0.4, 0.5) is 10.5 Å². The molecule has 12 heteroatoms. The summed E-state index contributed by atoms with van der Waals surface area (Å²) >= 11 is 2.80. The number of nitrogens with zero attached hydrogens (tertiary/aromatic N) is 2. The van der Waals surface area contributed by atoms with E-state index >= 15 is 0 Å². The minimum absolute atomic E-state index is 0.0300. The van der Waals surface area contributed by atoms with Crippen LogP contribution in [0.15, 0.2) is 41.3 Å². The molecule has 2 aromatic carbocycles. The van der Waals surface area contributed by atoms with E-state index in [1.807, 2.05) is 6.92 Å². The lowest BCUT2D eigenvalue weighted by atomic mass is 10.1. The SMILES string of the molecule is CCOc1cc(/C=C2/SC(=O)N(CC(=O)OC(C)C)C2=O)cc(I)c1OCc1cccc([N+](=O)[O-])c1. The second-order valence-electron chi connectivity index (χ2n) is 7.79. The number of benzene rings is 2. The van der Waals surface area contributed by atoms with E-state index in [9.17, 15) is 24.5 Å². The summed E-state index contributed by atoms with van der Waals surface area (Å²) in [5.74, 6) is -0.372. The van der Waals surface area contributed by atoms with Crippen molar-refractivity contribution >= 4 is 63.2 Å². The highest BCUT2D eigenvalue weighted by atomic mass is 127. The van der Waals surface area contributed by atoms with E-state index in [0.29, 0.717) is 32.8 Å². The zero-order chi connectivity index (χ0) is 26.4. The first-order valence-electron chi connectivity index (χ1n) is 10.9. The summed E-state index contributed by atoms with van der Waals surface area (Å²) in [5, 5.41) is 10.5. The molecular formula is C24H23IN2O8S. The van der Waals surface area contributed by atoms with Gasteiger partial charge in [-0.05, 0) is 84.5 Å². The predicted octanol–water partition coefficient (Wildman–Crippen LogP) is 5.17. The molecule has 1 fully saturated rings. The van der Waals surface area contributed by atoms with E-state index in [2.05, 4.69) is 22.6 Å². The summed E-state index contributed by atoms with van der Waals surface area (Å²) in [7, 11) is 0. The van der Waals surface area contributed by atoms with Crippen molar-refractivity contribution in [2.75, 3.05) is 13.2 Å². The van der Waals surface area contributed by atoms with Gasteiger partial charge >= 0.3 is 5.97 Å². The fraction of sp³-hybridized carbons (Fsp3) is 0.292. The van der Waals surface area contributed by atoms with Gasteiger partial charge in [0.2, 0.25) is 0 Å². The third-order valence-electron chi connectivity index (χ3n) is 4.66. The molecule has 3 rings (SSSR count). The first kappa shape index (κ1) is 27.5. The summed E-state index contributed by atoms with van der Waals surface area (Å²) in [5.41, 5.74) is 1.19. The van der Waals surface area contributed by atoms with Crippen molar-refractivity contribution in [1.29, 1.82) is 0 Å². The molecule has 2 aromatic rings. The van der Waals surface area contributed by atoms with E-state index in [0.717, 1.165) is 16.7 Å². The molecule has 1 aliphatic heterocycles. The maximum Gasteiger partial charge on any atom is 0.326 e. The maximum atomic E-state index is 12.7. The fourth-order valence-corrected chi connectivity index (χ4v) is 4.83. The number of carbonyl (C=O) groups is 3. The Hall–Kier alpha value is -3.13. The van der Waals surface area contributed by atoms with E-state index in [1.54, 1.807) is 44.2 Å². The Labute approximate surface area is 225 Å². The van der Waals surface area contributed by atoms with Crippen molar-refractivity contribution < 1.29 is 33.5 Å². The first-order valence-corrected chi connectivity index (χ1v) is 12.8. The van der Waals surface area contributed by atoms with Crippen LogP contribution in [0, 0.1) is 13.7 Å². The van der Waals surface area contributed by atoms with Crippen LogP contribution in [-0.4, -0.2) is 46.2 Å². The van der Waals surface area contributed by atoms with Gasteiger partial charge in [-0.15, -0.1) is 0 Å². The molecule has 36 heavy (non-hydrogen) atoms. The third-order valence-corrected chi connectivity index (χ3v) is 6.37. The van der Waals surface area contributed by atoms with Crippen LogP contribution in [-0.2, 0) is 20.9 Å². The number of thioether (sulfide) groups is 1. The second-order valence-corrected chi connectivity index (χ2v) is 9.94. The Morgan fingerprint density at radius 2 is 1.97 bits per heavy atom. The summed E-state index contributed by atoms with van der Waals surface area (Å²) in [6, 6.07) is 9.59. The van der Waals surface area contributed by atoms with Gasteiger partial charge in [-0.2, -0.15) is 0 Å². The fourth-order valence-electron chi connectivity index (χ4n) is 3.21. The van der Waals surface area contributed by atoms with Gasteiger partial charge in [0.15, 0.2) is 11.5 Å². The minimum Gasteiger partial charge on any atom is -0.490 e. The summed E-state index contributed by atoms with van der Waals surface area (Å²) in [4.78, 5) is 48.5. The van der Waals surface area contributed by atoms with Crippen LogP contribution < -0.4 is 9.47 Å². The van der Waals surface area contributed by atoms with Crippen molar-refractivity contribution in [3.8, 4) is 11.5 Å². The molecule has 0 aliphatic carbocycles. The zero-order valence-electron chi connectivity index (χ0n) is 19.7. The Bertz CT molecular complexity index is 1230. The molecule has 0 saturated carbocycles. The molecule has 1 heterocycles. The topological polar surface area (TPSA) is 125 Å². The first-order chi connectivity index (χ1) is 17.1. The van der Waals surface area contributed by atoms with Crippen LogP contribution in [0.3, 0.4) is 0 Å². The van der Waals surface area contributed by atoms with Crippen LogP contribution >= 0.6 is 34.4 Å². The summed E-state index contributed by atoms with van der Waals surface area (Å²) in [6.07, 6.45) is 1.19. The predicted molar refractivity (Wildman–Crippen MR) is 142 cm³/mol. The average molecular weight is 626 g/mol. The smallest absolute Gasteiger partial charge is 0.326 e. The number of nitro groups is 1. The van der Waals surface area contributed by atoms with E-state index in [-0.39, 0.29) is 23.3 Å². The number of amides is 2. The number of esters is 1. The van der Waals surface area contributed by atoms with Crippen molar-refractivity contribution in [3.05, 3.63) is 66.1 Å². The van der Waals surface area contributed by atoms with Gasteiger partial charge in [-0.1, -0.05) is 12.1 Å². The molecule has 0 unspecified atom stereocenters. The lowest BCUT2D eigenvalue weighted by molar-refractivity contribution is -0.384.